The van der Waals surface area contributed by atoms with Crippen molar-refractivity contribution in [3.63, 3.8) is 0 Å². The van der Waals surface area contributed by atoms with Crippen LogP contribution in [0.3, 0.4) is 0 Å². The number of carbonyl (C=O) groups excluding carboxylic acids is 1. The van der Waals surface area contributed by atoms with Crippen molar-refractivity contribution < 1.29 is 9.72 Å². The molecule has 0 bridgehead atoms. The van der Waals surface area contributed by atoms with E-state index in [1.807, 2.05) is 6.07 Å². The summed E-state index contributed by atoms with van der Waals surface area (Å²) in [6.07, 6.45) is 3.94. The Hall–Kier alpha value is -3.16. The highest BCUT2D eigenvalue weighted by atomic mass is 16.6. The molecule has 136 valence electrons. The van der Waals surface area contributed by atoms with Crippen LogP contribution in [-0.2, 0) is 0 Å². The number of rotatable bonds is 5. The summed E-state index contributed by atoms with van der Waals surface area (Å²) in [5.41, 5.74) is 1.12. The summed E-state index contributed by atoms with van der Waals surface area (Å²) in [4.78, 5) is 31.4. The van der Waals surface area contributed by atoms with E-state index in [9.17, 15) is 14.9 Å². The molecule has 1 aromatic heterocycles. The van der Waals surface area contributed by atoms with Crippen molar-refractivity contribution in [1.82, 2.24) is 4.98 Å². The zero-order valence-corrected chi connectivity index (χ0v) is 14.8. The maximum atomic E-state index is 12.4. The van der Waals surface area contributed by atoms with Gasteiger partial charge < -0.3 is 15.1 Å². The molecule has 0 atom stereocenters. The molecule has 3 rings (SSSR count). The van der Waals surface area contributed by atoms with Gasteiger partial charge in [0, 0.05) is 38.8 Å². The second-order valence-electron chi connectivity index (χ2n) is 6.41. The van der Waals surface area contributed by atoms with Crippen LogP contribution >= 0.6 is 0 Å². The number of nitro benzene ring substituents is 1. The number of nitrogens with zero attached hydrogens (tertiary/aromatic N) is 4. The lowest BCUT2D eigenvalue weighted by molar-refractivity contribution is -0.384. The largest absolute Gasteiger partial charge is 0.372 e. The smallest absolute Gasteiger partial charge is 0.293 e. The fraction of sp³-hybridized carbons (Fsp3) is 0.333. The molecule has 1 aliphatic heterocycles. The number of aromatic nitrogens is 1. The summed E-state index contributed by atoms with van der Waals surface area (Å²) in [7, 11) is 3.44. The number of carbonyl (C=O) groups is 1. The molecule has 1 N–H and O–H groups in total. The lowest BCUT2D eigenvalue weighted by Gasteiger charge is -2.16. The molecule has 26 heavy (non-hydrogen) atoms. The van der Waals surface area contributed by atoms with Crippen LogP contribution < -0.4 is 15.1 Å². The normalized spacial score (nSPS) is 13.5. The average Bonchev–Trinajstić information content (AvgIpc) is 3.16. The third kappa shape index (κ3) is 3.74. The van der Waals surface area contributed by atoms with Gasteiger partial charge in [-0.2, -0.15) is 0 Å². The second kappa shape index (κ2) is 7.38. The van der Waals surface area contributed by atoms with Crippen molar-refractivity contribution in [3.05, 3.63) is 52.2 Å². The van der Waals surface area contributed by atoms with Crippen molar-refractivity contribution in [2.24, 2.45) is 0 Å². The van der Waals surface area contributed by atoms with Crippen molar-refractivity contribution in [2.75, 3.05) is 42.3 Å². The summed E-state index contributed by atoms with van der Waals surface area (Å²) in [6.45, 7) is 2.00. The minimum absolute atomic E-state index is 0.106. The maximum absolute atomic E-state index is 12.4. The summed E-state index contributed by atoms with van der Waals surface area (Å²) in [5.74, 6) is 0.487. The van der Waals surface area contributed by atoms with Gasteiger partial charge in [-0.05, 0) is 37.1 Å². The van der Waals surface area contributed by atoms with Gasteiger partial charge in [0.2, 0.25) is 0 Å². The first kappa shape index (κ1) is 17.7. The Morgan fingerprint density at radius 1 is 1.23 bits per heavy atom. The van der Waals surface area contributed by atoms with Gasteiger partial charge in [-0.15, -0.1) is 0 Å². The lowest BCUT2D eigenvalue weighted by Crippen LogP contribution is -2.19. The Bertz CT molecular complexity index is 814. The molecule has 8 heteroatoms. The molecule has 0 unspecified atom stereocenters. The molecule has 2 heterocycles. The van der Waals surface area contributed by atoms with E-state index in [4.69, 9.17) is 0 Å². The van der Waals surface area contributed by atoms with Crippen molar-refractivity contribution >= 4 is 28.8 Å². The van der Waals surface area contributed by atoms with E-state index in [0.29, 0.717) is 11.4 Å². The van der Waals surface area contributed by atoms with Crippen molar-refractivity contribution in [2.45, 2.75) is 12.8 Å². The number of nitro groups is 1. The van der Waals surface area contributed by atoms with Gasteiger partial charge in [0.05, 0.1) is 16.8 Å². The van der Waals surface area contributed by atoms with Gasteiger partial charge in [0.15, 0.2) is 0 Å². The van der Waals surface area contributed by atoms with Gasteiger partial charge >= 0.3 is 0 Å². The number of benzene rings is 1. The molecule has 0 aliphatic carbocycles. The molecule has 0 spiro atoms. The van der Waals surface area contributed by atoms with Gasteiger partial charge in [0.1, 0.15) is 11.5 Å². The first-order valence-electron chi connectivity index (χ1n) is 8.44. The van der Waals surface area contributed by atoms with Crippen LogP contribution in [0.15, 0.2) is 36.5 Å². The Morgan fingerprint density at radius 2 is 1.96 bits per heavy atom. The fourth-order valence-electron chi connectivity index (χ4n) is 2.99. The van der Waals surface area contributed by atoms with Crippen LogP contribution in [0.5, 0.6) is 0 Å². The quantitative estimate of drug-likeness (QED) is 0.655. The van der Waals surface area contributed by atoms with Crippen molar-refractivity contribution in [1.29, 1.82) is 0 Å². The van der Waals surface area contributed by atoms with Crippen LogP contribution in [0.25, 0.3) is 0 Å². The molecule has 0 saturated carbocycles. The minimum atomic E-state index is -0.488. The first-order chi connectivity index (χ1) is 12.5. The van der Waals surface area contributed by atoms with Gasteiger partial charge in [-0.25, -0.2) is 4.98 Å². The molecule has 2 aromatic rings. The minimum Gasteiger partial charge on any atom is -0.372 e. The Kier molecular flexibility index (Phi) is 5.01. The summed E-state index contributed by atoms with van der Waals surface area (Å²) >= 11 is 0. The van der Waals surface area contributed by atoms with E-state index in [2.05, 4.69) is 15.2 Å². The highest BCUT2D eigenvalue weighted by Gasteiger charge is 2.19. The number of hydrogen-bond acceptors (Lipinski definition) is 6. The standard InChI is InChI=1S/C18H21N5O3/c1-21(2)15-7-5-13(11-16(15)23(25)26)18(24)20-14-6-8-17(19-12-14)22-9-3-4-10-22/h5-8,11-12H,3-4,9-10H2,1-2H3,(H,20,24). The Balaban J connectivity index is 1.75. The molecular weight excluding hydrogens is 334 g/mol. The Morgan fingerprint density at radius 3 is 2.54 bits per heavy atom. The Labute approximate surface area is 151 Å². The van der Waals surface area contributed by atoms with Crippen molar-refractivity contribution in [3.8, 4) is 0 Å². The summed E-state index contributed by atoms with van der Waals surface area (Å²) in [6, 6.07) is 8.10. The van der Waals surface area contributed by atoms with Crippen LogP contribution in [0, 0.1) is 10.1 Å². The SMILES string of the molecule is CN(C)c1ccc(C(=O)Nc2ccc(N3CCCC3)nc2)cc1[N+](=O)[O-]. The van der Waals surface area contributed by atoms with E-state index < -0.39 is 10.8 Å². The zero-order valence-electron chi connectivity index (χ0n) is 14.8. The van der Waals surface area contributed by atoms with E-state index >= 15 is 0 Å². The molecule has 8 nitrogen and oxygen atoms in total. The van der Waals surface area contributed by atoms with Gasteiger partial charge in [0.25, 0.3) is 11.6 Å². The van der Waals surface area contributed by atoms with E-state index in [1.165, 1.54) is 18.9 Å². The average molecular weight is 355 g/mol. The first-order valence-corrected chi connectivity index (χ1v) is 8.44. The monoisotopic (exact) mass is 355 g/mol. The molecule has 1 saturated heterocycles. The molecule has 0 radical (unpaired) electrons. The van der Waals surface area contributed by atoms with Gasteiger partial charge in [-0.3, -0.25) is 14.9 Å². The number of amides is 1. The summed E-state index contributed by atoms with van der Waals surface area (Å²) in [5, 5.41) is 14.0. The molecule has 1 aliphatic rings. The maximum Gasteiger partial charge on any atom is 0.293 e. The lowest BCUT2D eigenvalue weighted by atomic mass is 10.1. The van der Waals surface area contributed by atoms with Gasteiger partial charge in [-0.1, -0.05) is 0 Å². The van der Waals surface area contributed by atoms with Crippen LogP contribution in [-0.4, -0.2) is 43.0 Å². The number of hydrogen-bond donors (Lipinski definition) is 1. The predicted octanol–water partition coefficient (Wildman–Crippen LogP) is 2.91. The molecule has 1 aromatic carbocycles. The zero-order chi connectivity index (χ0) is 18.7. The topological polar surface area (TPSA) is 91.6 Å². The summed E-state index contributed by atoms with van der Waals surface area (Å²) < 4.78 is 0. The predicted molar refractivity (Wildman–Crippen MR) is 101 cm³/mol. The van der Waals surface area contributed by atoms with E-state index in [0.717, 1.165) is 18.9 Å². The highest BCUT2D eigenvalue weighted by molar-refractivity contribution is 6.05. The third-order valence-electron chi connectivity index (χ3n) is 4.35. The second-order valence-corrected chi connectivity index (χ2v) is 6.41. The van der Waals surface area contributed by atoms with Crippen LogP contribution in [0.2, 0.25) is 0 Å². The number of nitrogens with one attached hydrogen (secondary N) is 1. The fourth-order valence-corrected chi connectivity index (χ4v) is 2.99. The van der Waals surface area contributed by atoms with E-state index in [1.54, 1.807) is 43.4 Å². The molecular formula is C18H21N5O3. The molecule has 1 fully saturated rings. The van der Waals surface area contributed by atoms with Crippen LogP contribution in [0.1, 0.15) is 23.2 Å². The van der Waals surface area contributed by atoms with Crippen LogP contribution in [0.4, 0.5) is 22.9 Å². The van der Waals surface area contributed by atoms with E-state index in [-0.39, 0.29) is 11.3 Å². The molecule has 1 amide bonds. The third-order valence-corrected chi connectivity index (χ3v) is 4.35. The number of pyridine rings is 1. The number of anilines is 3. The highest BCUT2D eigenvalue weighted by Crippen LogP contribution is 2.28.